The number of carbonyl (C=O) groups is 1. The number of hydrogen-bond donors (Lipinski definition) is 1. The smallest absolute Gasteiger partial charge is 0.257 e. The molecule has 0 aliphatic carbocycles. The molecule has 2 rings (SSSR count). The van der Waals surface area contributed by atoms with Gasteiger partial charge in [0.1, 0.15) is 17.2 Å². The highest BCUT2D eigenvalue weighted by molar-refractivity contribution is 5.94. The lowest BCUT2D eigenvalue weighted by molar-refractivity contribution is 0.0944. The fourth-order valence-electron chi connectivity index (χ4n) is 1.84. The second-order valence-electron chi connectivity index (χ2n) is 4.36. The van der Waals surface area contributed by atoms with Crippen LogP contribution in [0.25, 0.3) is 0 Å². The molecule has 6 heteroatoms. The molecule has 0 saturated carbocycles. The number of nitrogens with zero attached hydrogens (tertiary/aromatic N) is 2. The fraction of sp³-hybridized carbons (Fsp3) is 0.286. The molecule has 20 heavy (non-hydrogen) atoms. The average molecular weight is 279 g/mol. The number of nitrogens with one attached hydrogen (secondary N) is 1. The van der Waals surface area contributed by atoms with Crippen molar-refractivity contribution < 1.29 is 13.6 Å². The molecular weight excluding hydrogens is 264 g/mol. The van der Waals surface area contributed by atoms with Gasteiger partial charge in [0.2, 0.25) is 0 Å². The summed E-state index contributed by atoms with van der Waals surface area (Å²) in [5.41, 5.74) is -0.526. The summed E-state index contributed by atoms with van der Waals surface area (Å²) in [4.78, 5) is 15.6. The van der Waals surface area contributed by atoms with Gasteiger partial charge in [-0.2, -0.15) is 0 Å². The third kappa shape index (κ3) is 3.63. The van der Waals surface area contributed by atoms with E-state index in [0.717, 1.165) is 31.5 Å². The van der Waals surface area contributed by atoms with E-state index >= 15 is 0 Å². The molecule has 0 radical (unpaired) electrons. The van der Waals surface area contributed by atoms with Gasteiger partial charge in [0.05, 0.1) is 6.33 Å². The van der Waals surface area contributed by atoms with Crippen molar-refractivity contribution in [3.05, 3.63) is 54.1 Å². The summed E-state index contributed by atoms with van der Waals surface area (Å²) in [6.07, 6.45) is 6.83. The molecule has 0 unspecified atom stereocenters. The SMILES string of the molecule is O=C(NCCCCn1ccnc1)c1c(F)cccc1F. The minimum atomic E-state index is -0.846. The number of carbonyl (C=O) groups excluding carboxylic acids is 1. The van der Waals surface area contributed by atoms with E-state index in [9.17, 15) is 13.6 Å². The predicted octanol–water partition coefficient (Wildman–Crippen LogP) is 2.37. The maximum absolute atomic E-state index is 13.4. The molecule has 1 aromatic heterocycles. The van der Waals surface area contributed by atoms with E-state index in [2.05, 4.69) is 10.3 Å². The Kier molecular flexibility index (Phi) is 4.81. The van der Waals surface area contributed by atoms with Crippen molar-refractivity contribution in [2.45, 2.75) is 19.4 Å². The number of imidazole rings is 1. The van der Waals surface area contributed by atoms with E-state index in [1.54, 1.807) is 12.5 Å². The summed E-state index contributed by atoms with van der Waals surface area (Å²) in [6.45, 7) is 1.17. The molecule has 0 aliphatic heterocycles. The molecule has 2 aromatic rings. The van der Waals surface area contributed by atoms with Crippen LogP contribution in [0.5, 0.6) is 0 Å². The van der Waals surface area contributed by atoms with Gasteiger partial charge in [-0.25, -0.2) is 13.8 Å². The number of benzene rings is 1. The third-order valence-corrected chi connectivity index (χ3v) is 2.88. The van der Waals surface area contributed by atoms with Crippen LogP contribution in [-0.4, -0.2) is 22.0 Å². The van der Waals surface area contributed by atoms with Crippen LogP contribution in [0.15, 0.2) is 36.9 Å². The van der Waals surface area contributed by atoms with Crippen molar-refractivity contribution in [3.8, 4) is 0 Å². The van der Waals surface area contributed by atoms with Crippen LogP contribution < -0.4 is 5.32 Å². The number of halogens is 2. The number of rotatable bonds is 6. The first-order valence-corrected chi connectivity index (χ1v) is 6.36. The average Bonchev–Trinajstić information content (AvgIpc) is 2.91. The van der Waals surface area contributed by atoms with Gasteiger partial charge in [-0.1, -0.05) is 6.07 Å². The molecule has 0 aliphatic rings. The maximum atomic E-state index is 13.4. The van der Waals surface area contributed by atoms with Gasteiger partial charge >= 0.3 is 0 Å². The van der Waals surface area contributed by atoms with Crippen LogP contribution in [0.4, 0.5) is 8.78 Å². The molecule has 1 amide bonds. The van der Waals surface area contributed by atoms with E-state index < -0.39 is 23.1 Å². The molecule has 0 spiro atoms. The quantitative estimate of drug-likeness (QED) is 0.825. The second kappa shape index (κ2) is 6.79. The predicted molar refractivity (Wildman–Crippen MR) is 70.2 cm³/mol. The molecule has 4 nitrogen and oxygen atoms in total. The Morgan fingerprint density at radius 1 is 1.25 bits per heavy atom. The number of unbranched alkanes of at least 4 members (excludes halogenated alkanes) is 1. The van der Waals surface area contributed by atoms with Gasteiger partial charge in [-0.15, -0.1) is 0 Å². The number of aromatic nitrogens is 2. The molecule has 1 heterocycles. The Balaban J connectivity index is 1.75. The first kappa shape index (κ1) is 14.2. The van der Waals surface area contributed by atoms with Gasteiger partial charge in [-0.3, -0.25) is 4.79 Å². The van der Waals surface area contributed by atoms with Crippen LogP contribution >= 0.6 is 0 Å². The van der Waals surface area contributed by atoms with Crippen LogP contribution in [0.1, 0.15) is 23.2 Å². The Labute approximate surface area is 115 Å². The van der Waals surface area contributed by atoms with Crippen molar-refractivity contribution in [2.75, 3.05) is 6.54 Å². The molecule has 0 fully saturated rings. The molecule has 1 aromatic carbocycles. The third-order valence-electron chi connectivity index (χ3n) is 2.88. The lowest BCUT2D eigenvalue weighted by atomic mass is 10.2. The first-order chi connectivity index (χ1) is 9.68. The van der Waals surface area contributed by atoms with Crippen LogP contribution in [0, 0.1) is 11.6 Å². The minimum absolute atomic E-state index is 0.376. The Hall–Kier alpha value is -2.24. The van der Waals surface area contributed by atoms with Gasteiger partial charge in [0.15, 0.2) is 0 Å². The summed E-state index contributed by atoms with van der Waals surface area (Å²) in [5, 5.41) is 2.52. The Morgan fingerprint density at radius 3 is 2.65 bits per heavy atom. The molecular formula is C14H15F2N3O. The van der Waals surface area contributed by atoms with Gasteiger partial charge in [0, 0.05) is 25.5 Å². The van der Waals surface area contributed by atoms with E-state index in [1.807, 2.05) is 10.8 Å². The largest absolute Gasteiger partial charge is 0.352 e. The fourth-order valence-corrected chi connectivity index (χ4v) is 1.84. The van der Waals surface area contributed by atoms with Gasteiger partial charge < -0.3 is 9.88 Å². The highest BCUT2D eigenvalue weighted by Crippen LogP contribution is 2.11. The summed E-state index contributed by atoms with van der Waals surface area (Å²) in [5.74, 6) is -2.41. The first-order valence-electron chi connectivity index (χ1n) is 6.36. The zero-order chi connectivity index (χ0) is 14.4. The van der Waals surface area contributed by atoms with Crippen molar-refractivity contribution in [1.29, 1.82) is 0 Å². The summed E-state index contributed by atoms with van der Waals surface area (Å²) < 4.78 is 28.6. The van der Waals surface area contributed by atoms with Crippen molar-refractivity contribution >= 4 is 5.91 Å². The van der Waals surface area contributed by atoms with Crippen molar-refractivity contribution in [2.24, 2.45) is 0 Å². The molecule has 1 N–H and O–H groups in total. The highest BCUT2D eigenvalue weighted by Gasteiger charge is 2.15. The summed E-state index contributed by atoms with van der Waals surface area (Å²) in [6, 6.07) is 3.36. The zero-order valence-corrected chi connectivity index (χ0v) is 10.9. The van der Waals surface area contributed by atoms with E-state index in [4.69, 9.17) is 0 Å². The van der Waals surface area contributed by atoms with Crippen LogP contribution in [-0.2, 0) is 6.54 Å². The Morgan fingerprint density at radius 2 is 2.00 bits per heavy atom. The zero-order valence-electron chi connectivity index (χ0n) is 10.9. The second-order valence-corrected chi connectivity index (χ2v) is 4.36. The summed E-state index contributed by atoms with van der Waals surface area (Å²) >= 11 is 0. The van der Waals surface area contributed by atoms with Crippen molar-refractivity contribution in [3.63, 3.8) is 0 Å². The minimum Gasteiger partial charge on any atom is -0.352 e. The topological polar surface area (TPSA) is 46.9 Å². The van der Waals surface area contributed by atoms with E-state index in [1.165, 1.54) is 6.07 Å². The van der Waals surface area contributed by atoms with Gasteiger partial charge in [-0.05, 0) is 25.0 Å². The normalized spacial score (nSPS) is 10.5. The lowest BCUT2D eigenvalue weighted by Gasteiger charge is -2.07. The standard InChI is InChI=1S/C14H15F2N3O/c15-11-4-3-5-12(16)13(11)14(20)18-6-1-2-8-19-9-7-17-10-19/h3-5,7,9-10H,1-2,6,8H2,(H,18,20). The summed E-state index contributed by atoms with van der Waals surface area (Å²) in [7, 11) is 0. The monoisotopic (exact) mass is 279 g/mol. The highest BCUT2D eigenvalue weighted by atomic mass is 19.1. The number of hydrogen-bond acceptors (Lipinski definition) is 2. The van der Waals surface area contributed by atoms with Crippen molar-refractivity contribution in [1.82, 2.24) is 14.9 Å². The van der Waals surface area contributed by atoms with Gasteiger partial charge in [0.25, 0.3) is 5.91 Å². The maximum Gasteiger partial charge on any atom is 0.257 e. The lowest BCUT2D eigenvalue weighted by Crippen LogP contribution is -2.26. The molecule has 0 saturated heterocycles. The number of amides is 1. The Bertz CT molecular complexity index is 550. The van der Waals surface area contributed by atoms with Crippen LogP contribution in [0.3, 0.4) is 0 Å². The van der Waals surface area contributed by atoms with E-state index in [-0.39, 0.29) is 0 Å². The molecule has 106 valence electrons. The van der Waals surface area contributed by atoms with E-state index in [0.29, 0.717) is 6.54 Å². The number of aryl methyl sites for hydroxylation is 1. The van der Waals surface area contributed by atoms with Crippen LogP contribution in [0.2, 0.25) is 0 Å². The molecule has 0 atom stereocenters. The molecule has 0 bridgehead atoms.